The molecule has 5 rings (SSSR count). The summed E-state index contributed by atoms with van der Waals surface area (Å²) < 4.78 is 34.0. The standard InChI is InChI=1S/C25H20N4O4S/c26-23-22(34(31,32)18-11-5-2-6-12-18)21-24(28-20-14-8-7-13-19(20)27-21)29(23)15-16-33-25(30)17-9-3-1-4-10-17/h1-14H,15-16,26H2. The average molecular weight is 473 g/mol. The molecule has 2 N–H and O–H groups in total. The van der Waals surface area contributed by atoms with Gasteiger partial charge >= 0.3 is 5.97 Å². The number of hydrogen-bond acceptors (Lipinski definition) is 7. The molecule has 2 aromatic heterocycles. The van der Waals surface area contributed by atoms with Crippen LogP contribution in [0.4, 0.5) is 5.82 Å². The number of nitrogens with two attached hydrogens (primary N) is 1. The molecule has 2 heterocycles. The van der Waals surface area contributed by atoms with Crippen LogP contribution in [-0.2, 0) is 21.1 Å². The van der Waals surface area contributed by atoms with E-state index in [1.807, 2.05) is 6.07 Å². The van der Waals surface area contributed by atoms with E-state index in [1.54, 1.807) is 66.7 Å². The highest BCUT2D eigenvalue weighted by Crippen LogP contribution is 2.35. The zero-order chi connectivity index (χ0) is 23.7. The van der Waals surface area contributed by atoms with Gasteiger partial charge < -0.3 is 15.0 Å². The van der Waals surface area contributed by atoms with Gasteiger partial charge in [-0.2, -0.15) is 0 Å². The lowest BCUT2D eigenvalue weighted by Crippen LogP contribution is -2.14. The SMILES string of the molecule is Nc1c(S(=O)(=O)c2ccccc2)c2nc3ccccc3nc2n1CCOC(=O)c1ccccc1. The summed E-state index contributed by atoms with van der Waals surface area (Å²) in [4.78, 5) is 21.5. The first-order valence-electron chi connectivity index (χ1n) is 10.5. The van der Waals surface area contributed by atoms with Gasteiger partial charge in [0.15, 0.2) is 5.65 Å². The van der Waals surface area contributed by atoms with Crippen molar-refractivity contribution in [1.29, 1.82) is 0 Å². The number of carbonyl (C=O) groups excluding carboxylic acids is 1. The molecule has 0 aliphatic carbocycles. The van der Waals surface area contributed by atoms with Crippen molar-refractivity contribution in [2.75, 3.05) is 12.3 Å². The summed E-state index contributed by atoms with van der Waals surface area (Å²) in [6.45, 7) is 0.0826. The number of rotatable bonds is 6. The Kier molecular flexibility index (Phi) is 5.46. The van der Waals surface area contributed by atoms with Crippen molar-refractivity contribution in [3.05, 3.63) is 90.5 Å². The molecule has 3 aromatic carbocycles. The molecule has 0 atom stereocenters. The molecule has 8 nitrogen and oxygen atoms in total. The van der Waals surface area contributed by atoms with Crippen LogP contribution in [0.25, 0.3) is 22.2 Å². The number of hydrogen-bond donors (Lipinski definition) is 1. The highest BCUT2D eigenvalue weighted by Gasteiger charge is 2.30. The minimum absolute atomic E-state index is 0.00933. The molecule has 34 heavy (non-hydrogen) atoms. The second-order valence-electron chi connectivity index (χ2n) is 7.57. The monoisotopic (exact) mass is 472 g/mol. The van der Waals surface area contributed by atoms with Gasteiger partial charge in [-0.25, -0.2) is 23.2 Å². The first-order valence-corrected chi connectivity index (χ1v) is 12.0. The highest BCUT2D eigenvalue weighted by atomic mass is 32.2. The topological polar surface area (TPSA) is 117 Å². The Morgan fingerprint density at radius 1 is 0.853 bits per heavy atom. The fourth-order valence-corrected chi connectivity index (χ4v) is 5.31. The van der Waals surface area contributed by atoms with Crippen LogP contribution in [-0.4, -0.2) is 35.5 Å². The molecule has 0 saturated heterocycles. The molecular formula is C25H20N4O4S. The first kappa shape index (κ1) is 21.6. The fourth-order valence-electron chi connectivity index (χ4n) is 3.79. The van der Waals surface area contributed by atoms with E-state index in [-0.39, 0.29) is 34.3 Å². The molecule has 0 unspecified atom stereocenters. The summed E-state index contributed by atoms with van der Waals surface area (Å²) in [6, 6.07) is 23.8. The molecule has 170 valence electrons. The number of fused-ring (bicyclic) bond motifs is 2. The molecule has 0 aliphatic rings. The van der Waals surface area contributed by atoms with Crippen LogP contribution in [0.15, 0.2) is 94.7 Å². The van der Waals surface area contributed by atoms with Gasteiger partial charge in [0.1, 0.15) is 22.8 Å². The van der Waals surface area contributed by atoms with Crippen LogP contribution in [0.5, 0.6) is 0 Å². The fraction of sp³-hybridized carbons (Fsp3) is 0.0800. The van der Waals surface area contributed by atoms with Crippen molar-refractivity contribution in [2.45, 2.75) is 16.3 Å². The van der Waals surface area contributed by atoms with Crippen LogP contribution < -0.4 is 5.73 Å². The van der Waals surface area contributed by atoms with Gasteiger partial charge in [-0.3, -0.25) is 0 Å². The first-order chi connectivity index (χ1) is 16.5. The lowest BCUT2D eigenvalue weighted by atomic mass is 10.2. The molecule has 0 spiro atoms. The van der Waals surface area contributed by atoms with Crippen molar-refractivity contribution < 1.29 is 17.9 Å². The quantitative estimate of drug-likeness (QED) is 0.373. The summed E-state index contributed by atoms with van der Waals surface area (Å²) in [7, 11) is -3.98. The third-order valence-corrected chi connectivity index (χ3v) is 7.26. The maximum absolute atomic E-state index is 13.5. The van der Waals surface area contributed by atoms with E-state index in [0.717, 1.165) is 0 Å². The second-order valence-corrected chi connectivity index (χ2v) is 9.46. The number of nitrogens with zero attached hydrogens (tertiary/aromatic N) is 3. The zero-order valence-corrected chi connectivity index (χ0v) is 18.8. The lowest BCUT2D eigenvalue weighted by Gasteiger charge is -2.09. The number of esters is 1. The molecule has 9 heteroatoms. The van der Waals surface area contributed by atoms with E-state index >= 15 is 0 Å². The highest BCUT2D eigenvalue weighted by molar-refractivity contribution is 7.92. The van der Waals surface area contributed by atoms with Gasteiger partial charge in [-0.05, 0) is 36.4 Å². The molecule has 0 aliphatic heterocycles. The predicted octanol–water partition coefficient (Wildman–Crippen LogP) is 3.86. The van der Waals surface area contributed by atoms with Gasteiger partial charge in [0.2, 0.25) is 9.84 Å². The number of ether oxygens (including phenoxy) is 1. The zero-order valence-electron chi connectivity index (χ0n) is 18.0. The normalized spacial score (nSPS) is 11.6. The maximum atomic E-state index is 13.5. The van der Waals surface area contributed by atoms with Crippen molar-refractivity contribution in [2.24, 2.45) is 0 Å². The second kappa shape index (κ2) is 8.60. The average Bonchev–Trinajstić information content (AvgIpc) is 3.14. The predicted molar refractivity (Wildman–Crippen MR) is 128 cm³/mol. The van der Waals surface area contributed by atoms with Crippen molar-refractivity contribution in [3.63, 3.8) is 0 Å². The summed E-state index contributed by atoms with van der Waals surface area (Å²) in [5.74, 6) is -0.491. The summed E-state index contributed by atoms with van der Waals surface area (Å²) >= 11 is 0. The van der Waals surface area contributed by atoms with Crippen molar-refractivity contribution in [1.82, 2.24) is 14.5 Å². The molecule has 5 aromatic rings. The Bertz CT molecular complexity index is 1620. The number of carbonyl (C=O) groups is 1. The maximum Gasteiger partial charge on any atom is 0.338 e. The van der Waals surface area contributed by atoms with Gasteiger partial charge in [-0.1, -0.05) is 48.5 Å². The molecule has 0 saturated carbocycles. The van der Waals surface area contributed by atoms with Gasteiger partial charge in [0.05, 0.1) is 28.0 Å². The van der Waals surface area contributed by atoms with Crippen LogP contribution in [0, 0.1) is 0 Å². The Labute approximate surface area is 195 Å². The number of nitrogen functional groups attached to an aromatic ring is 1. The summed E-state index contributed by atoms with van der Waals surface area (Å²) in [5.41, 5.74) is 8.44. The summed E-state index contributed by atoms with van der Waals surface area (Å²) in [5, 5.41) is 0. The van der Waals surface area contributed by atoms with E-state index < -0.39 is 15.8 Å². The third kappa shape index (κ3) is 3.75. The Morgan fingerprint density at radius 3 is 2.12 bits per heavy atom. The van der Waals surface area contributed by atoms with Crippen LogP contribution in [0.2, 0.25) is 0 Å². The lowest BCUT2D eigenvalue weighted by molar-refractivity contribution is 0.0493. The van der Waals surface area contributed by atoms with Crippen LogP contribution >= 0.6 is 0 Å². The number of benzene rings is 3. The number of anilines is 1. The van der Waals surface area contributed by atoms with Crippen LogP contribution in [0.1, 0.15) is 10.4 Å². The minimum atomic E-state index is -3.98. The summed E-state index contributed by atoms with van der Waals surface area (Å²) in [6.07, 6.45) is 0. The largest absolute Gasteiger partial charge is 0.460 e. The molecular weight excluding hydrogens is 452 g/mol. The van der Waals surface area contributed by atoms with E-state index in [0.29, 0.717) is 22.2 Å². The van der Waals surface area contributed by atoms with E-state index in [4.69, 9.17) is 10.5 Å². The smallest absolute Gasteiger partial charge is 0.338 e. The van der Waals surface area contributed by atoms with Gasteiger partial charge in [0, 0.05) is 0 Å². The number of sulfone groups is 1. The van der Waals surface area contributed by atoms with Crippen molar-refractivity contribution >= 4 is 43.8 Å². The molecule has 0 fully saturated rings. The van der Waals surface area contributed by atoms with E-state index in [9.17, 15) is 13.2 Å². The molecule has 0 radical (unpaired) electrons. The third-order valence-electron chi connectivity index (χ3n) is 5.43. The van der Waals surface area contributed by atoms with Gasteiger partial charge in [-0.15, -0.1) is 0 Å². The molecule has 0 bridgehead atoms. The Morgan fingerprint density at radius 2 is 1.44 bits per heavy atom. The van der Waals surface area contributed by atoms with E-state index in [1.165, 1.54) is 16.7 Å². The number of para-hydroxylation sites is 2. The Hall–Kier alpha value is -4.24. The molecule has 0 amide bonds. The number of aromatic nitrogens is 3. The minimum Gasteiger partial charge on any atom is -0.460 e. The van der Waals surface area contributed by atoms with Gasteiger partial charge in [0.25, 0.3) is 0 Å². The van der Waals surface area contributed by atoms with E-state index in [2.05, 4.69) is 9.97 Å². The van der Waals surface area contributed by atoms with Crippen molar-refractivity contribution in [3.8, 4) is 0 Å². The Balaban J connectivity index is 1.59. The van der Waals surface area contributed by atoms with Crippen LogP contribution in [0.3, 0.4) is 0 Å².